The van der Waals surface area contributed by atoms with Crippen molar-refractivity contribution in [3.05, 3.63) is 47.5 Å². The number of benzene rings is 2. The summed E-state index contributed by atoms with van der Waals surface area (Å²) < 4.78 is 5.63. The van der Waals surface area contributed by atoms with Crippen molar-refractivity contribution >= 4 is 34.5 Å². The summed E-state index contributed by atoms with van der Waals surface area (Å²) in [6.07, 6.45) is 1.50. The molecule has 0 saturated carbocycles. The zero-order valence-electron chi connectivity index (χ0n) is 9.63. The Balaban J connectivity index is 2.13. The maximum absolute atomic E-state index is 10.3. The predicted molar refractivity (Wildman–Crippen MR) is 72.2 cm³/mol. The number of rotatable bonds is 2. The van der Waals surface area contributed by atoms with Crippen molar-refractivity contribution in [1.82, 2.24) is 4.98 Å². The van der Waals surface area contributed by atoms with Crippen molar-refractivity contribution in [1.29, 1.82) is 0 Å². The number of hydrogen-bond acceptors (Lipinski definition) is 4. The maximum atomic E-state index is 10.3. The lowest BCUT2D eigenvalue weighted by molar-refractivity contribution is 0.565. The van der Waals surface area contributed by atoms with Gasteiger partial charge in [0.05, 0.1) is 5.69 Å². The molecule has 19 heavy (non-hydrogen) atoms. The highest BCUT2D eigenvalue weighted by molar-refractivity contribution is 6.31. The van der Waals surface area contributed by atoms with Gasteiger partial charge in [0.15, 0.2) is 5.58 Å². The number of carbonyl (C=O) groups excluding carboxylic acids is 1. The summed E-state index contributed by atoms with van der Waals surface area (Å²) in [6, 6.07) is 12.3. The van der Waals surface area contributed by atoms with Gasteiger partial charge in [-0.25, -0.2) is 9.78 Å². The molecule has 0 saturated heterocycles. The third-order valence-electron chi connectivity index (χ3n) is 2.62. The van der Waals surface area contributed by atoms with Crippen molar-refractivity contribution < 1.29 is 9.21 Å². The first kappa shape index (κ1) is 11.7. The number of halogens is 1. The molecule has 0 spiro atoms. The van der Waals surface area contributed by atoms with E-state index in [0.29, 0.717) is 22.2 Å². The highest BCUT2D eigenvalue weighted by Crippen LogP contribution is 2.28. The summed E-state index contributed by atoms with van der Waals surface area (Å²) in [5.41, 5.74) is 2.59. The number of aliphatic imine (C=N–C) groups is 1. The number of nitrogens with zero attached hydrogens (tertiary/aromatic N) is 2. The molecule has 92 valence electrons. The van der Waals surface area contributed by atoms with E-state index >= 15 is 0 Å². The molecule has 4 nitrogen and oxygen atoms in total. The van der Waals surface area contributed by atoms with Crippen LogP contribution in [0.3, 0.4) is 0 Å². The van der Waals surface area contributed by atoms with Crippen LogP contribution >= 0.6 is 11.6 Å². The van der Waals surface area contributed by atoms with Gasteiger partial charge in [0.25, 0.3) is 0 Å². The van der Waals surface area contributed by atoms with Crippen LogP contribution in [-0.2, 0) is 4.79 Å². The van der Waals surface area contributed by atoms with E-state index in [9.17, 15) is 4.79 Å². The molecular formula is C14H7ClN2O2. The third-order valence-corrected chi connectivity index (χ3v) is 2.85. The van der Waals surface area contributed by atoms with Crippen LogP contribution in [0.1, 0.15) is 0 Å². The van der Waals surface area contributed by atoms with Crippen molar-refractivity contribution in [3.8, 4) is 11.5 Å². The summed E-state index contributed by atoms with van der Waals surface area (Å²) in [7, 11) is 0. The Morgan fingerprint density at radius 1 is 1.21 bits per heavy atom. The molecule has 5 heteroatoms. The molecule has 0 aliphatic carbocycles. The number of aromatic nitrogens is 1. The average molecular weight is 271 g/mol. The third kappa shape index (κ3) is 2.27. The second-order valence-corrected chi connectivity index (χ2v) is 4.32. The molecule has 3 rings (SSSR count). The monoisotopic (exact) mass is 270 g/mol. The van der Waals surface area contributed by atoms with Gasteiger partial charge in [-0.05, 0) is 30.3 Å². The molecule has 1 heterocycles. The Morgan fingerprint density at radius 2 is 2.11 bits per heavy atom. The van der Waals surface area contributed by atoms with Crippen LogP contribution < -0.4 is 0 Å². The lowest BCUT2D eigenvalue weighted by Crippen LogP contribution is -1.76. The van der Waals surface area contributed by atoms with Crippen molar-refractivity contribution in [2.75, 3.05) is 0 Å². The summed E-state index contributed by atoms with van der Waals surface area (Å²) in [6.45, 7) is 0. The fourth-order valence-corrected chi connectivity index (χ4v) is 1.95. The smallest absolute Gasteiger partial charge is 0.240 e. The van der Waals surface area contributed by atoms with Crippen LogP contribution in [0, 0.1) is 0 Å². The van der Waals surface area contributed by atoms with Crippen molar-refractivity contribution in [2.45, 2.75) is 0 Å². The molecule has 0 aliphatic heterocycles. The summed E-state index contributed by atoms with van der Waals surface area (Å²) in [4.78, 5) is 18.2. The average Bonchev–Trinajstić information content (AvgIpc) is 2.82. The molecule has 0 fully saturated rings. The van der Waals surface area contributed by atoms with Gasteiger partial charge in [0, 0.05) is 16.7 Å². The fourth-order valence-electron chi connectivity index (χ4n) is 1.78. The minimum atomic E-state index is 0.459. The van der Waals surface area contributed by atoms with Crippen LogP contribution in [0.5, 0.6) is 0 Å². The van der Waals surface area contributed by atoms with E-state index in [-0.39, 0.29) is 0 Å². The molecule has 1 aromatic heterocycles. The number of hydrogen-bond donors (Lipinski definition) is 0. The first-order valence-corrected chi connectivity index (χ1v) is 5.88. The highest BCUT2D eigenvalue weighted by atomic mass is 35.5. The Labute approximate surface area is 113 Å². The Hall–Kier alpha value is -2.42. The quantitative estimate of drug-likeness (QED) is 0.520. The zero-order valence-corrected chi connectivity index (χ0v) is 10.4. The highest BCUT2D eigenvalue weighted by Gasteiger charge is 2.08. The lowest BCUT2D eigenvalue weighted by atomic mass is 10.2. The molecule has 0 N–H and O–H groups in total. The van der Waals surface area contributed by atoms with E-state index in [0.717, 1.165) is 11.1 Å². The molecule has 0 amide bonds. The molecule has 0 bridgehead atoms. The van der Waals surface area contributed by atoms with Gasteiger partial charge >= 0.3 is 0 Å². The number of isocyanates is 1. The molecule has 0 radical (unpaired) electrons. The standard InChI is InChI=1S/C14H7ClN2O2/c15-10-4-5-12-13(7-10)19-14(17-12)9-2-1-3-11(6-9)16-8-18/h1-7H. The van der Waals surface area contributed by atoms with E-state index in [1.807, 2.05) is 6.07 Å². The van der Waals surface area contributed by atoms with Gasteiger partial charge in [0.2, 0.25) is 12.0 Å². The van der Waals surface area contributed by atoms with Gasteiger partial charge < -0.3 is 4.42 Å². The Kier molecular flexibility index (Phi) is 2.88. The van der Waals surface area contributed by atoms with Crippen LogP contribution in [0.2, 0.25) is 5.02 Å². The van der Waals surface area contributed by atoms with E-state index < -0.39 is 0 Å². The zero-order chi connectivity index (χ0) is 13.2. The molecule has 3 aromatic rings. The lowest BCUT2D eigenvalue weighted by Gasteiger charge is -1.95. The Bertz CT molecular complexity index is 804. The molecule has 0 unspecified atom stereocenters. The Morgan fingerprint density at radius 3 is 2.95 bits per heavy atom. The topological polar surface area (TPSA) is 55.5 Å². The van der Waals surface area contributed by atoms with Crippen LogP contribution in [-0.4, -0.2) is 11.1 Å². The minimum Gasteiger partial charge on any atom is -0.436 e. The van der Waals surface area contributed by atoms with Crippen molar-refractivity contribution in [2.24, 2.45) is 4.99 Å². The van der Waals surface area contributed by atoms with E-state index in [1.54, 1.807) is 36.4 Å². The molecule has 2 aromatic carbocycles. The summed E-state index contributed by atoms with van der Waals surface area (Å²) in [5, 5.41) is 0.592. The first-order chi connectivity index (χ1) is 9.26. The summed E-state index contributed by atoms with van der Waals surface area (Å²) in [5.74, 6) is 0.459. The summed E-state index contributed by atoms with van der Waals surface area (Å²) >= 11 is 5.89. The molecule has 0 aliphatic rings. The second-order valence-electron chi connectivity index (χ2n) is 3.88. The molecule has 0 atom stereocenters. The minimum absolute atomic E-state index is 0.459. The molecular weight excluding hydrogens is 264 g/mol. The maximum Gasteiger partial charge on any atom is 0.240 e. The van der Waals surface area contributed by atoms with E-state index in [4.69, 9.17) is 16.0 Å². The normalized spacial score (nSPS) is 10.4. The SMILES string of the molecule is O=C=Nc1cccc(-c2nc3ccc(Cl)cc3o2)c1. The number of fused-ring (bicyclic) bond motifs is 1. The van der Waals surface area contributed by atoms with Crippen LogP contribution in [0.25, 0.3) is 22.6 Å². The van der Waals surface area contributed by atoms with Gasteiger partial charge in [-0.15, -0.1) is 0 Å². The van der Waals surface area contributed by atoms with Gasteiger partial charge in [0.1, 0.15) is 5.52 Å². The largest absolute Gasteiger partial charge is 0.436 e. The van der Waals surface area contributed by atoms with Crippen LogP contribution in [0.4, 0.5) is 5.69 Å². The number of oxazole rings is 1. The van der Waals surface area contributed by atoms with Crippen LogP contribution in [0.15, 0.2) is 51.9 Å². The predicted octanol–water partition coefficient (Wildman–Crippen LogP) is 4.12. The van der Waals surface area contributed by atoms with Gasteiger partial charge in [-0.1, -0.05) is 17.7 Å². The first-order valence-electron chi connectivity index (χ1n) is 5.51. The van der Waals surface area contributed by atoms with Gasteiger partial charge in [-0.2, -0.15) is 4.99 Å². The second kappa shape index (κ2) is 4.69. The fraction of sp³-hybridized carbons (Fsp3) is 0. The van der Waals surface area contributed by atoms with E-state index in [1.165, 1.54) is 6.08 Å². The van der Waals surface area contributed by atoms with Gasteiger partial charge in [-0.3, -0.25) is 0 Å². The van der Waals surface area contributed by atoms with E-state index in [2.05, 4.69) is 9.98 Å². The van der Waals surface area contributed by atoms with Crippen molar-refractivity contribution in [3.63, 3.8) is 0 Å².